The van der Waals surface area contributed by atoms with Crippen molar-refractivity contribution in [2.45, 2.75) is 45.2 Å². The molecule has 7 heteroatoms. The third-order valence-electron chi connectivity index (χ3n) is 4.37. The number of carbonyl (C=O) groups excluding carboxylic acids is 2. The maximum absolute atomic E-state index is 12.9. The van der Waals surface area contributed by atoms with Gasteiger partial charge in [0.05, 0.1) is 18.5 Å². The molecule has 25 heavy (non-hydrogen) atoms. The summed E-state index contributed by atoms with van der Waals surface area (Å²) >= 11 is 0. The summed E-state index contributed by atoms with van der Waals surface area (Å²) in [6.07, 6.45) is 1.93. The zero-order chi connectivity index (χ0) is 17.8. The number of rotatable bonds is 5. The van der Waals surface area contributed by atoms with Crippen LogP contribution < -0.4 is 5.32 Å². The first-order valence-electron chi connectivity index (χ1n) is 8.46. The number of aromatic nitrogens is 2. The van der Waals surface area contributed by atoms with Crippen LogP contribution in [0, 0.1) is 6.92 Å². The molecular weight excluding hydrogens is 320 g/mol. The van der Waals surface area contributed by atoms with Gasteiger partial charge in [0, 0.05) is 20.4 Å². The van der Waals surface area contributed by atoms with Crippen LogP contribution in [0.25, 0.3) is 0 Å². The lowest BCUT2D eigenvalue weighted by Gasteiger charge is -2.25. The minimum atomic E-state index is -0.348. The molecule has 1 N–H and O–H groups in total. The Morgan fingerprint density at radius 2 is 2.12 bits per heavy atom. The second-order valence-electron chi connectivity index (χ2n) is 6.28. The molecule has 2 aromatic rings. The summed E-state index contributed by atoms with van der Waals surface area (Å²) in [5, 5.41) is 6.84. The van der Waals surface area contributed by atoms with Crippen molar-refractivity contribution in [1.29, 1.82) is 0 Å². The van der Waals surface area contributed by atoms with Crippen molar-refractivity contribution in [2.75, 3.05) is 6.54 Å². The van der Waals surface area contributed by atoms with E-state index in [1.54, 1.807) is 11.8 Å². The summed E-state index contributed by atoms with van der Waals surface area (Å²) in [4.78, 5) is 30.5. The van der Waals surface area contributed by atoms with Gasteiger partial charge in [-0.25, -0.2) is 0 Å². The van der Waals surface area contributed by atoms with Gasteiger partial charge in [0.25, 0.3) is 0 Å². The molecule has 1 fully saturated rings. The number of carbonyl (C=O) groups is 2. The Bertz CT molecular complexity index is 744. The van der Waals surface area contributed by atoms with E-state index >= 15 is 0 Å². The van der Waals surface area contributed by atoms with Crippen LogP contribution in [0.4, 0.5) is 0 Å². The quantitative estimate of drug-likeness (QED) is 0.901. The van der Waals surface area contributed by atoms with Gasteiger partial charge in [-0.1, -0.05) is 35.5 Å². The van der Waals surface area contributed by atoms with Gasteiger partial charge in [0.2, 0.25) is 17.7 Å². The molecule has 1 saturated heterocycles. The summed E-state index contributed by atoms with van der Waals surface area (Å²) in [6.45, 7) is 3.86. The number of amides is 2. The van der Waals surface area contributed by atoms with E-state index in [4.69, 9.17) is 4.52 Å². The molecule has 0 saturated carbocycles. The van der Waals surface area contributed by atoms with Gasteiger partial charge >= 0.3 is 0 Å². The molecule has 1 aromatic heterocycles. The molecular formula is C18H22N4O3. The topological polar surface area (TPSA) is 88.3 Å². The average molecular weight is 342 g/mol. The highest BCUT2D eigenvalue weighted by atomic mass is 16.5. The van der Waals surface area contributed by atoms with E-state index in [1.165, 1.54) is 6.92 Å². The van der Waals surface area contributed by atoms with E-state index in [1.807, 2.05) is 30.3 Å². The number of benzene rings is 1. The molecule has 0 aliphatic carbocycles. The molecule has 2 amide bonds. The Morgan fingerprint density at radius 1 is 1.36 bits per heavy atom. The van der Waals surface area contributed by atoms with Crippen LogP contribution in [0.1, 0.15) is 55.5 Å². The van der Waals surface area contributed by atoms with Gasteiger partial charge in [0.15, 0.2) is 5.82 Å². The summed E-state index contributed by atoms with van der Waals surface area (Å²) in [5.74, 6) is 0.870. The summed E-state index contributed by atoms with van der Waals surface area (Å²) in [5.41, 5.74) is 0.914. The van der Waals surface area contributed by atoms with Crippen molar-refractivity contribution in [3.8, 4) is 0 Å². The minimum absolute atomic E-state index is 0.0208. The van der Waals surface area contributed by atoms with Crippen LogP contribution in [0.5, 0.6) is 0 Å². The van der Waals surface area contributed by atoms with E-state index in [9.17, 15) is 9.59 Å². The number of aryl methyl sites for hydroxylation is 1. The van der Waals surface area contributed by atoms with Crippen molar-refractivity contribution in [3.05, 3.63) is 47.6 Å². The van der Waals surface area contributed by atoms with E-state index in [0.717, 1.165) is 18.4 Å². The fourth-order valence-corrected chi connectivity index (χ4v) is 3.26. The molecule has 132 valence electrons. The van der Waals surface area contributed by atoms with E-state index in [0.29, 0.717) is 18.3 Å². The van der Waals surface area contributed by atoms with Crippen molar-refractivity contribution >= 4 is 11.8 Å². The van der Waals surface area contributed by atoms with Crippen LogP contribution in [0.3, 0.4) is 0 Å². The number of hydrogen-bond donors (Lipinski definition) is 1. The molecule has 1 aliphatic rings. The lowest BCUT2D eigenvalue weighted by Crippen LogP contribution is -2.36. The SMILES string of the molecule is CC(=O)N[C@H](CC(=O)N1CCC[C@H]1c1noc(C)n1)c1ccccc1. The third-order valence-corrected chi connectivity index (χ3v) is 4.37. The van der Waals surface area contributed by atoms with Crippen molar-refractivity contribution in [2.24, 2.45) is 0 Å². The van der Waals surface area contributed by atoms with Crippen LogP contribution >= 0.6 is 0 Å². The predicted octanol–water partition coefficient (Wildman–Crippen LogP) is 2.31. The predicted molar refractivity (Wildman–Crippen MR) is 90.3 cm³/mol. The third kappa shape index (κ3) is 4.04. The number of nitrogens with one attached hydrogen (secondary N) is 1. The summed E-state index contributed by atoms with van der Waals surface area (Å²) < 4.78 is 5.05. The lowest BCUT2D eigenvalue weighted by molar-refractivity contribution is -0.133. The fraction of sp³-hybridized carbons (Fsp3) is 0.444. The van der Waals surface area contributed by atoms with Crippen LogP contribution in [0.2, 0.25) is 0 Å². The highest BCUT2D eigenvalue weighted by molar-refractivity contribution is 5.79. The molecule has 0 spiro atoms. The van der Waals surface area contributed by atoms with Gasteiger partial charge in [-0.2, -0.15) is 4.98 Å². The normalized spacial score (nSPS) is 18.2. The van der Waals surface area contributed by atoms with Crippen LogP contribution in [-0.4, -0.2) is 33.4 Å². The van der Waals surface area contributed by atoms with E-state index in [-0.39, 0.29) is 30.3 Å². The number of nitrogens with zero attached hydrogens (tertiary/aromatic N) is 3. The Hall–Kier alpha value is -2.70. The Kier molecular flexibility index (Phi) is 5.11. The smallest absolute Gasteiger partial charge is 0.225 e. The molecule has 2 atom stereocenters. The van der Waals surface area contributed by atoms with E-state index in [2.05, 4.69) is 15.5 Å². The average Bonchev–Trinajstić information content (AvgIpc) is 3.23. The monoisotopic (exact) mass is 342 g/mol. The Morgan fingerprint density at radius 3 is 2.76 bits per heavy atom. The summed E-state index contributed by atoms with van der Waals surface area (Å²) in [7, 11) is 0. The second-order valence-corrected chi connectivity index (χ2v) is 6.28. The molecule has 1 aromatic carbocycles. The maximum Gasteiger partial charge on any atom is 0.225 e. The minimum Gasteiger partial charge on any atom is -0.349 e. The first kappa shape index (κ1) is 17.1. The zero-order valence-corrected chi connectivity index (χ0v) is 14.4. The lowest BCUT2D eigenvalue weighted by atomic mass is 10.0. The fourth-order valence-electron chi connectivity index (χ4n) is 3.26. The standard InChI is InChI=1S/C18H22N4O3/c1-12(23)19-15(14-7-4-3-5-8-14)11-17(24)22-10-6-9-16(22)18-20-13(2)25-21-18/h3-5,7-8,15-16H,6,9-11H2,1-2H3,(H,19,23)/t15-,16+/m1/s1. The summed E-state index contributed by atoms with van der Waals surface area (Å²) in [6, 6.07) is 9.03. The number of hydrogen-bond acceptors (Lipinski definition) is 5. The molecule has 1 aliphatic heterocycles. The highest BCUT2D eigenvalue weighted by Crippen LogP contribution is 2.32. The van der Waals surface area contributed by atoms with Crippen molar-refractivity contribution < 1.29 is 14.1 Å². The first-order chi connectivity index (χ1) is 12.0. The zero-order valence-electron chi connectivity index (χ0n) is 14.4. The van der Waals surface area contributed by atoms with Gasteiger partial charge in [-0.15, -0.1) is 0 Å². The van der Waals surface area contributed by atoms with Gasteiger partial charge < -0.3 is 14.7 Å². The molecule has 0 radical (unpaired) electrons. The molecule has 7 nitrogen and oxygen atoms in total. The second kappa shape index (κ2) is 7.46. The van der Waals surface area contributed by atoms with Crippen molar-refractivity contribution in [3.63, 3.8) is 0 Å². The van der Waals surface area contributed by atoms with E-state index < -0.39 is 0 Å². The Labute approximate surface area is 146 Å². The Balaban J connectivity index is 1.75. The maximum atomic E-state index is 12.9. The molecule has 0 unspecified atom stereocenters. The van der Waals surface area contributed by atoms with Gasteiger partial charge in [-0.3, -0.25) is 9.59 Å². The molecule has 2 heterocycles. The van der Waals surface area contributed by atoms with Gasteiger partial charge in [-0.05, 0) is 18.4 Å². The first-order valence-corrected chi connectivity index (χ1v) is 8.46. The number of likely N-dealkylation sites (tertiary alicyclic amines) is 1. The van der Waals surface area contributed by atoms with Crippen LogP contribution in [-0.2, 0) is 9.59 Å². The largest absolute Gasteiger partial charge is 0.349 e. The van der Waals surface area contributed by atoms with Crippen molar-refractivity contribution in [1.82, 2.24) is 20.4 Å². The highest BCUT2D eigenvalue weighted by Gasteiger charge is 2.34. The molecule has 3 rings (SSSR count). The van der Waals surface area contributed by atoms with Gasteiger partial charge in [0.1, 0.15) is 0 Å². The van der Waals surface area contributed by atoms with Crippen LogP contribution in [0.15, 0.2) is 34.9 Å². The molecule has 0 bridgehead atoms.